The third kappa shape index (κ3) is 4.09. The first-order valence-corrected chi connectivity index (χ1v) is 9.77. The predicted octanol–water partition coefficient (Wildman–Crippen LogP) is 6.07. The molecule has 0 unspecified atom stereocenters. The van der Waals surface area contributed by atoms with Crippen LogP contribution in [-0.4, -0.2) is 22.1 Å². The maximum atomic E-state index is 13.8. The van der Waals surface area contributed by atoms with Gasteiger partial charge in [0, 0.05) is 48.7 Å². The predicted molar refractivity (Wildman–Crippen MR) is 110 cm³/mol. The van der Waals surface area contributed by atoms with E-state index in [1.54, 1.807) is 20.9 Å². The number of carbonyl (C=O) groups is 1. The summed E-state index contributed by atoms with van der Waals surface area (Å²) in [4.78, 5) is 16.1. The Bertz CT molecular complexity index is 1100. The summed E-state index contributed by atoms with van der Waals surface area (Å²) in [6.07, 6.45) is 1.66. The molecule has 29 heavy (non-hydrogen) atoms. The van der Waals surface area contributed by atoms with Gasteiger partial charge in [0.05, 0.1) is 16.7 Å². The number of halogens is 4. The van der Waals surface area contributed by atoms with E-state index in [1.807, 2.05) is 10.6 Å². The smallest absolute Gasteiger partial charge is 0.358 e. The SMILES string of the molecule is CCOC(=O)c1ncc(Cl)c(Cc2cc3c(C)cc(C(C)(F)F)cc3n2C)c1Cl. The topological polar surface area (TPSA) is 44.1 Å². The molecule has 0 fully saturated rings. The molecule has 1 aromatic carbocycles. The van der Waals surface area contributed by atoms with Gasteiger partial charge in [-0.2, -0.15) is 0 Å². The largest absolute Gasteiger partial charge is 0.461 e. The summed E-state index contributed by atoms with van der Waals surface area (Å²) >= 11 is 12.7. The Morgan fingerprint density at radius 2 is 1.97 bits per heavy atom. The van der Waals surface area contributed by atoms with E-state index in [0.29, 0.717) is 22.5 Å². The summed E-state index contributed by atoms with van der Waals surface area (Å²) < 4.78 is 34.5. The van der Waals surface area contributed by atoms with Crippen LogP contribution in [0.2, 0.25) is 10.0 Å². The molecule has 0 radical (unpaired) electrons. The molecular weight excluding hydrogens is 421 g/mol. The Morgan fingerprint density at radius 3 is 2.59 bits per heavy atom. The first-order chi connectivity index (χ1) is 13.5. The molecule has 0 aliphatic carbocycles. The van der Waals surface area contributed by atoms with Crippen molar-refractivity contribution in [2.75, 3.05) is 6.61 Å². The second kappa shape index (κ2) is 7.92. The molecule has 8 heteroatoms. The molecular formula is C21H20Cl2F2N2O2. The van der Waals surface area contributed by atoms with Crippen LogP contribution >= 0.6 is 23.2 Å². The number of pyridine rings is 1. The molecule has 2 heterocycles. The highest BCUT2D eigenvalue weighted by Crippen LogP contribution is 2.35. The van der Waals surface area contributed by atoms with Crippen molar-refractivity contribution < 1.29 is 18.3 Å². The number of rotatable bonds is 5. The number of fused-ring (bicyclic) bond motifs is 1. The summed E-state index contributed by atoms with van der Waals surface area (Å²) in [5.74, 6) is -3.56. The van der Waals surface area contributed by atoms with Crippen LogP contribution in [0.25, 0.3) is 10.9 Å². The molecule has 0 spiro atoms. The van der Waals surface area contributed by atoms with Crippen molar-refractivity contribution in [1.82, 2.24) is 9.55 Å². The highest BCUT2D eigenvalue weighted by Gasteiger charge is 2.26. The van der Waals surface area contributed by atoms with Gasteiger partial charge < -0.3 is 9.30 Å². The Morgan fingerprint density at radius 1 is 1.28 bits per heavy atom. The summed E-state index contributed by atoms with van der Waals surface area (Å²) in [6, 6.07) is 4.91. The minimum Gasteiger partial charge on any atom is -0.461 e. The van der Waals surface area contributed by atoms with Crippen molar-refractivity contribution in [3.8, 4) is 0 Å². The Labute approximate surface area is 177 Å². The van der Waals surface area contributed by atoms with Crippen LogP contribution in [-0.2, 0) is 24.1 Å². The molecule has 2 aromatic heterocycles. The molecule has 0 N–H and O–H groups in total. The number of alkyl halides is 2. The van der Waals surface area contributed by atoms with E-state index in [1.165, 1.54) is 18.3 Å². The van der Waals surface area contributed by atoms with Gasteiger partial charge in [-0.15, -0.1) is 0 Å². The van der Waals surface area contributed by atoms with Crippen LogP contribution in [0.5, 0.6) is 0 Å². The molecule has 154 valence electrons. The summed E-state index contributed by atoms with van der Waals surface area (Å²) in [5, 5.41) is 1.30. The third-order valence-electron chi connectivity index (χ3n) is 4.87. The van der Waals surface area contributed by atoms with Gasteiger partial charge >= 0.3 is 5.97 Å². The summed E-state index contributed by atoms with van der Waals surface area (Å²) in [7, 11) is 1.80. The fourth-order valence-corrected chi connectivity index (χ4v) is 3.83. The lowest BCUT2D eigenvalue weighted by Crippen LogP contribution is -2.10. The van der Waals surface area contributed by atoms with Crippen molar-refractivity contribution in [3.63, 3.8) is 0 Å². The van der Waals surface area contributed by atoms with E-state index < -0.39 is 11.9 Å². The van der Waals surface area contributed by atoms with Crippen LogP contribution in [0, 0.1) is 6.92 Å². The standard InChI is InChI=1S/C21H20Cl2F2N2O2/c1-5-29-20(28)19-18(23)15(16(22)10-26-19)9-13-8-14-11(2)6-12(21(3,24)25)7-17(14)27(13)4/h6-8,10H,5,9H2,1-4H3. The fourth-order valence-electron chi connectivity index (χ4n) is 3.27. The molecule has 3 rings (SSSR count). The maximum absolute atomic E-state index is 13.8. The van der Waals surface area contributed by atoms with Crippen molar-refractivity contribution in [3.05, 3.63) is 62.5 Å². The van der Waals surface area contributed by atoms with Gasteiger partial charge in [0.25, 0.3) is 5.92 Å². The minimum atomic E-state index is -2.93. The number of benzene rings is 1. The molecule has 0 aliphatic rings. The lowest BCUT2D eigenvalue weighted by atomic mass is 10.0. The second-order valence-electron chi connectivity index (χ2n) is 6.95. The van der Waals surface area contributed by atoms with Crippen molar-refractivity contribution in [2.45, 2.75) is 33.1 Å². The molecule has 4 nitrogen and oxygen atoms in total. The van der Waals surface area contributed by atoms with Crippen molar-refractivity contribution >= 4 is 40.1 Å². The average molecular weight is 441 g/mol. The lowest BCUT2D eigenvalue weighted by Gasteiger charge is -2.13. The molecule has 0 saturated heterocycles. The quantitative estimate of drug-likeness (QED) is 0.452. The number of aryl methyl sites for hydroxylation is 2. The van der Waals surface area contributed by atoms with Crippen molar-refractivity contribution in [1.29, 1.82) is 0 Å². The van der Waals surface area contributed by atoms with E-state index in [0.717, 1.165) is 23.6 Å². The molecule has 0 atom stereocenters. The maximum Gasteiger partial charge on any atom is 0.358 e. The first kappa shape index (κ1) is 21.5. The van der Waals surface area contributed by atoms with Crippen LogP contribution in [0.3, 0.4) is 0 Å². The average Bonchev–Trinajstić information content (AvgIpc) is 2.95. The minimum absolute atomic E-state index is 0.00391. The van der Waals surface area contributed by atoms with Gasteiger partial charge in [-0.25, -0.2) is 18.6 Å². The van der Waals surface area contributed by atoms with Crippen LogP contribution in [0.4, 0.5) is 8.78 Å². The van der Waals surface area contributed by atoms with Crippen LogP contribution in [0.15, 0.2) is 24.4 Å². The zero-order chi connectivity index (χ0) is 21.5. The van der Waals surface area contributed by atoms with Gasteiger partial charge in [-0.1, -0.05) is 23.2 Å². The summed E-state index contributed by atoms with van der Waals surface area (Å²) in [5.41, 5.74) is 2.72. The number of hydrogen-bond donors (Lipinski definition) is 0. The number of nitrogens with zero attached hydrogens (tertiary/aromatic N) is 2. The number of ether oxygens (including phenoxy) is 1. The lowest BCUT2D eigenvalue weighted by molar-refractivity contribution is 0.0175. The van der Waals surface area contributed by atoms with E-state index >= 15 is 0 Å². The monoisotopic (exact) mass is 440 g/mol. The van der Waals surface area contributed by atoms with Gasteiger partial charge in [0.1, 0.15) is 0 Å². The van der Waals surface area contributed by atoms with E-state index in [4.69, 9.17) is 27.9 Å². The Balaban J connectivity index is 2.10. The van der Waals surface area contributed by atoms with E-state index in [-0.39, 0.29) is 22.9 Å². The number of carbonyl (C=O) groups excluding carboxylic acids is 1. The fraction of sp³-hybridized carbons (Fsp3) is 0.333. The number of esters is 1. The van der Waals surface area contributed by atoms with Crippen LogP contribution < -0.4 is 0 Å². The molecule has 0 saturated carbocycles. The Kier molecular flexibility index (Phi) is 5.88. The number of hydrogen-bond acceptors (Lipinski definition) is 3. The second-order valence-corrected chi connectivity index (χ2v) is 7.74. The van der Waals surface area contributed by atoms with Gasteiger partial charge in [-0.05, 0) is 43.2 Å². The molecule has 0 aliphatic heterocycles. The van der Waals surface area contributed by atoms with Gasteiger partial charge in [0.15, 0.2) is 5.69 Å². The van der Waals surface area contributed by atoms with Crippen LogP contribution in [0.1, 0.15) is 46.7 Å². The normalized spacial score (nSPS) is 11.9. The summed E-state index contributed by atoms with van der Waals surface area (Å²) in [6.45, 7) is 4.56. The zero-order valence-corrected chi connectivity index (χ0v) is 18.0. The third-order valence-corrected chi connectivity index (χ3v) is 5.60. The highest BCUT2D eigenvalue weighted by molar-refractivity contribution is 6.37. The Hall–Kier alpha value is -2.18. The van der Waals surface area contributed by atoms with E-state index in [9.17, 15) is 13.6 Å². The molecule has 0 bridgehead atoms. The zero-order valence-electron chi connectivity index (χ0n) is 16.4. The van der Waals surface area contributed by atoms with Gasteiger partial charge in [0.2, 0.25) is 0 Å². The van der Waals surface area contributed by atoms with Gasteiger partial charge in [-0.3, -0.25) is 0 Å². The first-order valence-electron chi connectivity index (χ1n) is 9.01. The number of aromatic nitrogens is 2. The highest BCUT2D eigenvalue weighted by atomic mass is 35.5. The van der Waals surface area contributed by atoms with E-state index in [2.05, 4.69) is 4.98 Å². The van der Waals surface area contributed by atoms with Crippen molar-refractivity contribution in [2.24, 2.45) is 7.05 Å². The molecule has 3 aromatic rings. The molecule has 0 amide bonds.